The molecule has 0 heterocycles. The van der Waals surface area contributed by atoms with Crippen LogP contribution in [0.4, 0.5) is 0 Å². The Morgan fingerprint density at radius 2 is 1.35 bits per heavy atom. The third-order valence-electron chi connectivity index (χ3n) is 3.92. The van der Waals surface area contributed by atoms with Crippen molar-refractivity contribution in [2.75, 3.05) is 0 Å². The molecule has 0 spiro atoms. The van der Waals surface area contributed by atoms with Crippen molar-refractivity contribution in [3.63, 3.8) is 0 Å². The minimum atomic E-state index is 0.672. The Bertz CT molecular complexity index is 639. The average Bonchev–Trinajstić information content (AvgIpc) is 2.49. The van der Waals surface area contributed by atoms with Gasteiger partial charge in [0.25, 0.3) is 0 Å². The van der Waals surface area contributed by atoms with Gasteiger partial charge in [0.15, 0.2) is 0 Å². The van der Waals surface area contributed by atoms with E-state index < -0.39 is 0 Å². The second-order valence-electron chi connectivity index (χ2n) is 5.67. The number of allylic oxidation sites excluding steroid dienone is 4. The molecule has 20 heavy (non-hydrogen) atoms. The van der Waals surface area contributed by atoms with E-state index in [1.807, 2.05) is 0 Å². The smallest absolute Gasteiger partial charge is 0.0184 e. The van der Waals surface area contributed by atoms with Crippen molar-refractivity contribution in [2.45, 2.75) is 20.3 Å². The number of hydrogen-bond donors (Lipinski definition) is 0. The Balaban J connectivity index is 1.85. The van der Waals surface area contributed by atoms with E-state index in [0.29, 0.717) is 5.92 Å². The fraction of sp³-hybridized carbons (Fsp3) is 0.200. The fourth-order valence-electron chi connectivity index (χ4n) is 2.54. The van der Waals surface area contributed by atoms with Crippen molar-refractivity contribution < 1.29 is 0 Å². The van der Waals surface area contributed by atoms with Crippen LogP contribution in [-0.4, -0.2) is 0 Å². The van der Waals surface area contributed by atoms with Gasteiger partial charge in [-0.1, -0.05) is 79.2 Å². The summed E-state index contributed by atoms with van der Waals surface area (Å²) in [5.74, 6) is 0.672. The summed E-state index contributed by atoms with van der Waals surface area (Å²) in [7, 11) is 0. The molecule has 2 aromatic rings. The highest BCUT2D eigenvalue weighted by molar-refractivity contribution is 5.76. The summed E-state index contributed by atoms with van der Waals surface area (Å²) >= 11 is 0. The molecule has 1 unspecified atom stereocenters. The number of aryl methyl sites for hydroxylation is 1. The van der Waals surface area contributed by atoms with E-state index in [1.165, 1.54) is 27.8 Å². The Morgan fingerprint density at radius 3 is 1.90 bits per heavy atom. The Labute approximate surface area is 121 Å². The highest BCUT2D eigenvalue weighted by atomic mass is 14.1. The normalized spacial score (nSPS) is 17.9. The standard InChI is InChI=1S/C20H20/c1-15-3-7-17(8-4-15)19-11-13-20(14-12-19)18-9-5-16(2)6-10-18/h3-5,7-14,16H,6H2,1-2H3. The Kier molecular flexibility index (Phi) is 3.56. The van der Waals surface area contributed by atoms with Crippen molar-refractivity contribution in [3.8, 4) is 11.1 Å². The van der Waals surface area contributed by atoms with Crippen LogP contribution in [-0.2, 0) is 0 Å². The van der Waals surface area contributed by atoms with Crippen molar-refractivity contribution in [1.29, 1.82) is 0 Å². The van der Waals surface area contributed by atoms with Crippen LogP contribution >= 0.6 is 0 Å². The quantitative estimate of drug-likeness (QED) is 0.655. The van der Waals surface area contributed by atoms with Gasteiger partial charge in [-0.05, 0) is 41.5 Å². The van der Waals surface area contributed by atoms with Gasteiger partial charge >= 0.3 is 0 Å². The lowest BCUT2D eigenvalue weighted by Gasteiger charge is -2.12. The largest absolute Gasteiger partial charge is 0.0808 e. The number of benzene rings is 2. The van der Waals surface area contributed by atoms with Crippen LogP contribution in [0.15, 0.2) is 66.8 Å². The van der Waals surface area contributed by atoms with Gasteiger partial charge in [-0.15, -0.1) is 0 Å². The molecule has 0 saturated carbocycles. The zero-order valence-corrected chi connectivity index (χ0v) is 12.1. The monoisotopic (exact) mass is 260 g/mol. The van der Waals surface area contributed by atoms with Crippen molar-refractivity contribution in [3.05, 3.63) is 77.9 Å². The van der Waals surface area contributed by atoms with E-state index in [2.05, 4.69) is 80.6 Å². The lowest BCUT2D eigenvalue weighted by molar-refractivity contribution is 0.739. The predicted octanol–water partition coefficient (Wildman–Crippen LogP) is 5.64. The Hall–Kier alpha value is -2.08. The maximum atomic E-state index is 2.34. The summed E-state index contributed by atoms with van der Waals surface area (Å²) in [5, 5.41) is 0. The maximum absolute atomic E-state index is 2.34. The second-order valence-corrected chi connectivity index (χ2v) is 5.67. The third-order valence-corrected chi connectivity index (χ3v) is 3.92. The number of hydrogen-bond acceptors (Lipinski definition) is 0. The molecule has 0 nitrogen and oxygen atoms in total. The minimum Gasteiger partial charge on any atom is -0.0808 e. The van der Waals surface area contributed by atoms with Gasteiger partial charge in [0.05, 0.1) is 0 Å². The molecule has 100 valence electrons. The summed E-state index contributed by atoms with van der Waals surface area (Å²) in [5.41, 5.74) is 6.52. The van der Waals surface area contributed by atoms with Crippen LogP contribution in [0.25, 0.3) is 16.7 Å². The van der Waals surface area contributed by atoms with Crippen molar-refractivity contribution in [1.82, 2.24) is 0 Å². The SMILES string of the molecule is Cc1ccc(-c2ccc(C3=CCC(C)C=C3)cc2)cc1. The first kappa shape index (κ1) is 12.9. The molecule has 0 heteroatoms. The molecule has 3 rings (SSSR count). The molecule has 2 aromatic carbocycles. The van der Waals surface area contributed by atoms with Gasteiger partial charge in [-0.2, -0.15) is 0 Å². The topological polar surface area (TPSA) is 0 Å². The van der Waals surface area contributed by atoms with E-state index in [1.54, 1.807) is 0 Å². The van der Waals surface area contributed by atoms with E-state index in [0.717, 1.165) is 6.42 Å². The summed E-state index contributed by atoms with van der Waals surface area (Å²) < 4.78 is 0. The minimum absolute atomic E-state index is 0.672. The van der Waals surface area contributed by atoms with Crippen LogP contribution in [0.3, 0.4) is 0 Å². The Morgan fingerprint density at radius 1 is 0.800 bits per heavy atom. The van der Waals surface area contributed by atoms with Gasteiger partial charge < -0.3 is 0 Å². The van der Waals surface area contributed by atoms with E-state index in [4.69, 9.17) is 0 Å². The second kappa shape index (κ2) is 5.50. The molecule has 0 saturated heterocycles. The molecular formula is C20H20. The molecule has 1 atom stereocenters. The highest BCUT2D eigenvalue weighted by Gasteiger charge is 2.06. The summed E-state index contributed by atoms with van der Waals surface area (Å²) in [6, 6.07) is 17.6. The molecule has 0 fully saturated rings. The van der Waals surface area contributed by atoms with Crippen LogP contribution in [0.2, 0.25) is 0 Å². The first-order valence-electron chi connectivity index (χ1n) is 7.28. The molecule has 1 aliphatic rings. The lowest BCUT2D eigenvalue weighted by atomic mass is 9.93. The maximum Gasteiger partial charge on any atom is -0.0184 e. The van der Waals surface area contributed by atoms with Crippen LogP contribution in [0.5, 0.6) is 0 Å². The fourth-order valence-corrected chi connectivity index (χ4v) is 2.54. The molecular weight excluding hydrogens is 240 g/mol. The molecule has 0 N–H and O–H groups in total. The lowest BCUT2D eigenvalue weighted by Crippen LogP contribution is -1.94. The van der Waals surface area contributed by atoms with Crippen LogP contribution in [0, 0.1) is 12.8 Å². The molecule has 0 aromatic heterocycles. The first-order chi connectivity index (χ1) is 9.72. The van der Waals surface area contributed by atoms with Gasteiger partial charge in [0, 0.05) is 0 Å². The van der Waals surface area contributed by atoms with Gasteiger partial charge in [0.2, 0.25) is 0 Å². The first-order valence-corrected chi connectivity index (χ1v) is 7.28. The van der Waals surface area contributed by atoms with Gasteiger partial charge in [-0.3, -0.25) is 0 Å². The van der Waals surface area contributed by atoms with Gasteiger partial charge in [0.1, 0.15) is 0 Å². The summed E-state index contributed by atoms with van der Waals surface area (Å²) in [4.78, 5) is 0. The molecule has 0 amide bonds. The number of rotatable bonds is 2. The van der Waals surface area contributed by atoms with E-state index >= 15 is 0 Å². The summed E-state index contributed by atoms with van der Waals surface area (Å²) in [6.45, 7) is 4.38. The molecule has 0 aliphatic heterocycles. The van der Waals surface area contributed by atoms with Crippen molar-refractivity contribution >= 4 is 5.57 Å². The van der Waals surface area contributed by atoms with Crippen LogP contribution in [0.1, 0.15) is 24.5 Å². The van der Waals surface area contributed by atoms with Crippen LogP contribution < -0.4 is 0 Å². The van der Waals surface area contributed by atoms with E-state index in [-0.39, 0.29) is 0 Å². The van der Waals surface area contributed by atoms with Gasteiger partial charge in [-0.25, -0.2) is 0 Å². The summed E-state index contributed by atoms with van der Waals surface area (Å²) in [6.07, 6.45) is 8.02. The van der Waals surface area contributed by atoms with Crippen molar-refractivity contribution in [2.24, 2.45) is 5.92 Å². The zero-order chi connectivity index (χ0) is 13.9. The molecule has 0 bridgehead atoms. The predicted molar refractivity (Wildman–Crippen MR) is 87.5 cm³/mol. The third kappa shape index (κ3) is 2.75. The van der Waals surface area contributed by atoms with E-state index in [9.17, 15) is 0 Å². The molecule has 0 radical (unpaired) electrons. The zero-order valence-electron chi connectivity index (χ0n) is 12.1. The molecule has 1 aliphatic carbocycles. The average molecular weight is 260 g/mol. The highest BCUT2D eigenvalue weighted by Crippen LogP contribution is 2.26.